The van der Waals surface area contributed by atoms with Crippen LogP contribution in [0.3, 0.4) is 0 Å². The van der Waals surface area contributed by atoms with Crippen molar-refractivity contribution in [1.29, 1.82) is 0 Å². The molecule has 0 saturated carbocycles. The third kappa shape index (κ3) is 2.48. The van der Waals surface area contributed by atoms with Crippen molar-refractivity contribution in [2.24, 2.45) is 0 Å². The summed E-state index contributed by atoms with van der Waals surface area (Å²) in [5, 5.41) is 10.7. The van der Waals surface area contributed by atoms with Crippen molar-refractivity contribution in [3.05, 3.63) is 29.8 Å². The molecule has 0 aromatic heterocycles. The first-order valence-corrected chi connectivity index (χ1v) is 3.86. The Balaban J connectivity index is 2.78. The number of hydrogen-bond acceptors (Lipinski definition) is 3. The number of rotatable bonds is 2. The summed E-state index contributed by atoms with van der Waals surface area (Å²) in [6.07, 6.45) is -1.38. The van der Waals surface area contributed by atoms with E-state index in [0.29, 0.717) is 5.56 Å². The second-order valence-electron chi connectivity index (χ2n) is 2.47. The minimum Gasteiger partial charge on any atom is -0.449 e. The zero-order valence-electron chi connectivity index (χ0n) is 7.48. The van der Waals surface area contributed by atoms with Crippen LogP contribution in [-0.4, -0.2) is 24.2 Å². The summed E-state index contributed by atoms with van der Waals surface area (Å²) < 4.78 is 4.37. The van der Waals surface area contributed by atoms with Gasteiger partial charge in [0.2, 0.25) is 0 Å². The second-order valence-corrected chi connectivity index (χ2v) is 2.47. The molecular weight excluding hydrogens is 186 g/mol. The van der Waals surface area contributed by atoms with Gasteiger partial charge in [-0.25, -0.2) is 4.79 Å². The van der Waals surface area contributed by atoms with Gasteiger partial charge in [0.1, 0.15) is 5.75 Å². The standard InChI is InChI=1S/C9H9NO4/c1-10-8(11)6-2-4-7(5-3-6)14-9(12)13/h2-5H,1H3,(H,10,11)(H,12,13). The molecule has 1 rings (SSSR count). The van der Waals surface area contributed by atoms with E-state index in [4.69, 9.17) is 5.11 Å². The molecule has 0 radical (unpaired) electrons. The molecule has 14 heavy (non-hydrogen) atoms. The number of nitrogens with one attached hydrogen (secondary N) is 1. The molecule has 0 aliphatic rings. The Morgan fingerprint density at radius 2 is 1.86 bits per heavy atom. The normalized spacial score (nSPS) is 9.21. The summed E-state index contributed by atoms with van der Waals surface area (Å²) in [5.74, 6) is -0.0444. The van der Waals surface area contributed by atoms with Gasteiger partial charge in [0, 0.05) is 12.6 Å². The van der Waals surface area contributed by atoms with Gasteiger partial charge in [0.15, 0.2) is 0 Å². The van der Waals surface area contributed by atoms with E-state index < -0.39 is 6.16 Å². The average molecular weight is 195 g/mol. The van der Waals surface area contributed by atoms with Crippen molar-refractivity contribution >= 4 is 12.1 Å². The molecule has 0 aliphatic carbocycles. The summed E-state index contributed by atoms with van der Waals surface area (Å²) in [7, 11) is 1.52. The van der Waals surface area contributed by atoms with E-state index >= 15 is 0 Å². The minimum atomic E-state index is -1.38. The summed E-state index contributed by atoms with van der Waals surface area (Å²) in [4.78, 5) is 21.2. The molecular formula is C9H9NO4. The maximum Gasteiger partial charge on any atom is 0.511 e. The van der Waals surface area contributed by atoms with Crippen LogP contribution in [0.15, 0.2) is 24.3 Å². The smallest absolute Gasteiger partial charge is 0.449 e. The van der Waals surface area contributed by atoms with Crippen molar-refractivity contribution in [3.63, 3.8) is 0 Å². The van der Waals surface area contributed by atoms with Crippen LogP contribution in [0.2, 0.25) is 0 Å². The van der Waals surface area contributed by atoms with Gasteiger partial charge >= 0.3 is 6.16 Å². The lowest BCUT2D eigenvalue weighted by Gasteiger charge is -2.01. The maximum absolute atomic E-state index is 11.1. The molecule has 0 fully saturated rings. The lowest BCUT2D eigenvalue weighted by molar-refractivity contribution is 0.0963. The molecule has 0 heterocycles. The lowest BCUT2D eigenvalue weighted by atomic mass is 10.2. The van der Waals surface area contributed by atoms with Gasteiger partial charge in [0.05, 0.1) is 0 Å². The zero-order valence-corrected chi connectivity index (χ0v) is 7.48. The van der Waals surface area contributed by atoms with Crippen LogP contribution >= 0.6 is 0 Å². The first-order valence-electron chi connectivity index (χ1n) is 3.86. The van der Waals surface area contributed by atoms with Gasteiger partial charge in [-0.1, -0.05) is 0 Å². The predicted molar refractivity (Wildman–Crippen MR) is 48.5 cm³/mol. The average Bonchev–Trinajstić information content (AvgIpc) is 2.17. The van der Waals surface area contributed by atoms with Crippen LogP contribution in [0.25, 0.3) is 0 Å². The Kier molecular flexibility index (Phi) is 3.06. The fourth-order valence-electron chi connectivity index (χ4n) is 0.920. The maximum atomic E-state index is 11.1. The van der Waals surface area contributed by atoms with E-state index in [9.17, 15) is 9.59 Å². The molecule has 0 unspecified atom stereocenters. The number of amides is 1. The van der Waals surface area contributed by atoms with E-state index in [-0.39, 0.29) is 11.7 Å². The monoisotopic (exact) mass is 195 g/mol. The minimum absolute atomic E-state index is 0.185. The van der Waals surface area contributed by atoms with Crippen molar-refractivity contribution in [3.8, 4) is 5.75 Å². The number of hydrogen-bond donors (Lipinski definition) is 2. The highest BCUT2D eigenvalue weighted by Gasteiger charge is 2.04. The number of carboxylic acid groups (broad SMARTS) is 1. The highest BCUT2D eigenvalue weighted by atomic mass is 16.7. The molecule has 0 atom stereocenters. The highest BCUT2D eigenvalue weighted by molar-refractivity contribution is 5.94. The Labute approximate surface area is 80.3 Å². The van der Waals surface area contributed by atoms with Crippen LogP contribution in [0.5, 0.6) is 5.75 Å². The summed E-state index contributed by atoms with van der Waals surface area (Å²) in [6, 6.07) is 5.80. The van der Waals surface area contributed by atoms with E-state index in [1.165, 1.54) is 31.3 Å². The fraction of sp³-hybridized carbons (Fsp3) is 0.111. The van der Waals surface area contributed by atoms with Crippen molar-refractivity contribution in [2.45, 2.75) is 0 Å². The number of ether oxygens (including phenoxy) is 1. The third-order valence-electron chi connectivity index (χ3n) is 1.55. The first kappa shape index (κ1) is 10.0. The highest BCUT2D eigenvalue weighted by Crippen LogP contribution is 2.11. The molecule has 1 amide bonds. The van der Waals surface area contributed by atoms with E-state index in [1.807, 2.05) is 0 Å². The number of carbonyl (C=O) groups is 2. The van der Waals surface area contributed by atoms with E-state index in [1.54, 1.807) is 0 Å². The van der Waals surface area contributed by atoms with Crippen molar-refractivity contribution in [2.75, 3.05) is 7.05 Å². The number of carbonyl (C=O) groups excluding carboxylic acids is 1. The van der Waals surface area contributed by atoms with Crippen LogP contribution in [-0.2, 0) is 0 Å². The zero-order chi connectivity index (χ0) is 10.6. The topological polar surface area (TPSA) is 75.6 Å². The second kappa shape index (κ2) is 4.27. The van der Waals surface area contributed by atoms with Gasteiger partial charge in [-0.2, -0.15) is 0 Å². The van der Waals surface area contributed by atoms with Crippen LogP contribution in [0.1, 0.15) is 10.4 Å². The molecule has 74 valence electrons. The lowest BCUT2D eigenvalue weighted by Crippen LogP contribution is -2.17. The Bertz CT molecular complexity index is 344. The van der Waals surface area contributed by atoms with Crippen molar-refractivity contribution in [1.82, 2.24) is 5.32 Å². The molecule has 5 heteroatoms. The van der Waals surface area contributed by atoms with Gasteiger partial charge in [0.25, 0.3) is 5.91 Å². The largest absolute Gasteiger partial charge is 0.511 e. The molecule has 0 spiro atoms. The molecule has 0 aliphatic heterocycles. The van der Waals surface area contributed by atoms with Crippen molar-refractivity contribution < 1.29 is 19.4 Å². The van der Waals surface area contributed by atoms with Crippen LogP contribution < -0.4 is 10.1 Å². The van der Waals surface area contributed by atoms with Gasteiger partial charge in [-0.05, 0) is 24.3 Å². The van der Waals surface area contributed by atoms with Gasteiger partial charge in [-0.15, -0.1) is 0 Å². The quantitative estimate of drug-likeness (QED) is 0.547. The molecule has 5 nitrogen and oxygen atoms in total. The summed E-state index contributed by atoms with van der Waals surface area (Å²) in [5.41, 5.74) is 0.449. The Morgan fingerprint density at radius 3 is 2.29 bits per heavy atom. The summed E-state index contributed by atoms with van der Waals surface area (Å²) >= 11 is 0. The van der Waals surface area contributed by atoms with E-state index in [2.05, 4.69) is 10.1 Å². The molecule has 1 aromatic carbocycles. The van der Waals surface area contributed by atoms with Crippen LogP contribution in [0.4, 0.5) is 4.79 Å². The van der Waals surface area contributed by atoms with Gasteiger partial charge in [-0.3, -0.25) is 4.79 Å². The first-order chi connectivity index (χ1) is 6.63. The fourth-order valence-corrected chi connectivity index (χ4v) is 0.920. The predicted octanol–water partition coefficient (Wildman–Crippen LogP) is 1.10. The van der Waals surface area contributed by atoms with Gasteiger partial charge < -0.3 is 15.2 Å². The number of benzene rings is 1. The molecule has 1 aromatic rings. The van der Waals surface area contributed by atoms with E-state index in [0.717, 1.165) is 0 Å². The SMILES string of the molecule is CNC(=O)c1ccc(OC(=O)O)cc1. The third-order valence-corrected chi connectivity index (χ3v) is 1.55. The molecule has 2 N–H and O–H groups in total. The Morgan fingerprint density at radius 1 is 1.29 bits per heavy atom. The molecule has 0 bridgehead atoms. The van der Waals surface area contributed by atoms with Crippen LogP contribution in [0, 0.1) is 0 Å². The summed E-state index contributed by atoms with van der Waals surface area (Å²) in [6.45, 7) is 0. The molecule has 0 saturated heterocycles. The Hall–Kier alpha value is -2.04.